The van der Waals surface area contributed by atoms with Gasteiger partial charge in [0.15, 0.2) is 0 Å². The molecule has 0 aliphatic rings. The summed E-state index contributed by atoms with van der Waals surface area (Å²) in [6, 6.07) is 11.1. The molecule has 26 heavy (non-hydrogen) atoms. The van der Waals surface area contributed by atoms with Crippen LogP contribution in [0.2, 0.25) is 5.02 Å². The van der Waals surface area contributed by atoms with Crippen molar-refractivity contribution in [3.63, 3.8) is 0 Å². The summed E-state index contributed by atoms with van der Waals surface area (Å²) in [4.78, 5) is 18.3. The van der Waals surface area contributed by atoms with E-state index >= 15 is 0 Å². The number of benzene rings is 1. The van der Waals surface area contributed by atoms with Crippen molar-refractivity contribution in [1.82, 2.24) is 9.88 Å². The van der Waals surface area contributed by atoms with Crippen LogP contribution in [0.3, 0.4) is 0 Å². The molecule has 1 aromatic heterocycles. The van der Waals surface area contributed by atoms with E-state index in [1.165, 1.54) is 0 Å². The number of likely N-dealkylation sites (N-methyl/N-ethyl adjacent to an activating group) is 1. The monoisotopic (exact) mass is 368 g/mol. The number of aromatic nitrogens is 1. The summed E-state index contributed by atoms with van der Waals surface area (Å²) >= 11 is 6.07. The van der Waals surface area contributed by atoms with Crippen LogP contribution in [-0.4, -0.2) is 28.9 Å². The zero-order valence-corrected chi connectivity index (χ0v) is 15.6. The number of carbonyl (C=O) groups is 1. The Hall–Kier alpha value is -2.84. The van der Waals surface area contributed by atoms with Gasteiger partial charge < -0.3 is 10.2 Å². The van der Waals surface area contributed by atoms with Gasteiger partial charge in [-0.25, -0.2) is 0 Å². The van der Waals surface area contributed by atoms with Gasteiger partial charge in [-0.3, -0.25) is 9.78 Å². The molecule has 0 aliphatic carbocycles. The largest absolute Gasteiger partial charge is 0.376 e. The molecule has 0 aliphatic heterocycles. The average Bonchev–Trinajstić information content (AvgIpc) is 2.65. The zero-order valence-electron chi connectivity index (χ0n) is 14.9. The van der Waals surface area contributed by atoms with Gasteiger partial charge in [0.05, 0.1) is 0 Å². The van der Waals surface area contributed by atoms with E-state index in [0.29, 0.717) is 23.8 Å². The van der Waals surface area contributed by atoms with E-state index in [2.05, 4.69) is 10.3 Å². The van der Waals surface area contributed by atoms with Crippen molar-refractivity contribution in [2.75, 3.05) is 18.4 Å². The van der Waals surface area contributed by atoms with Crippen molar-refractivity contribution >= 4 is 23.2 Å². The normalized spacial score (nSPS) is 10.9. The first-order chi connectivity index (χ1) is 12.5. The average molecular weight is 369 g/mol. The minimum atomic E-state index is -0.449. The second-order valence-corrected chi connectivity index (χ2v) is 6.21. The van der Waals surface area contributed by atoms with Crippen LogP contribution in [0.25, 0.3) is 0 Å². The van der Waals surface area contributed by atoms with Crippen LogP contribution in [0.15, 0.2) is 54.5 Å². The summed E-state index contributed by atoms with van der Waals surface area (Å²) < 4.78 is 0. The lowest BCUT2D eigenvalue weighted by atomic mass is 10.2. The molecule has 2 rings (SSSR count). The number of hydrogen-bond acceptors (Lipinski definition) is 4. The SMILES string of the molecule is CCN(/C=C(/C#N)C(=O)Nc1ccc(C)c(Cl)c1)CCc1ccncc1. The first kappa shape index (κ1) is 19.5. The fraction of sp³-hybridized carbons (Fsp3) is 0.250. The minimum Gasteiger partial charge on any atom is -0.376 e. The van der Waals surface area contributed by atoms with Crippen molar-refractivity contribution < 1.29 is 4.79 Å². The lowest BCUT2D eigenvalue weighted by molar-refractivity contribution is -0.112. The Kier molecular flexibility index (Phi) is 7.19. The fourth-order valence-electron chi connectivity index (χ4n) is 2.33. The van der Waals surface area contributed by atoms with Crippen LogP contribution >= 0.6 is 11.6 Å². The number of amides is 1. The van der Waals surface area contributed by atoms with Crippen LogP contribution in [0.5, 0.6) is 0 Å². The molecule has 1 N–H and O–H groups in total. The fourth-order valence-corrected chi connectivity index (χ4v) is 2.51. The topological polar surface area (TPSA) is 69.0 Å². The third-order valence-electron chi connectivity index (χ3n) is 3.95. The predicted molar refractivity (Wildman–Crippen MR) is 104 cm³/mol. The van der Waals surface area contributed by atoms with E-state index in [0.717, 1.165) is 17.5 Å². The van der Waals surface area contributed by atoms with Crippen molar-refractivity contribution in [2.45, 2.75) is 20.3 Å². The van der Waals surface area contributed by atoms with E-state index in [9.17, 15) is 10.1 Å². The molecule has 1 heterocycles. The lowest BCUT2D eigenvalue weighted by Crippen LogP contribution is -2.23. The summed E-state index contributed by atoms with van der Waals surface area (Å²) in [5, 5.41) is 12.6. The van der Waals surface area contributed by atoms with E-state index < -0.39 is 5.91 Å². The third-order valence-corrected chi connectivity index (χ3v) is 4.36. The Morgan fingerprint density at radius 1 is 1.35 bits per heavy atom. The highest BCUT2D eigenvalue weighted by Crippen LogP contribution is 2.20. The maximum Gasteiger partial charge on any atom is 0.267 e. The lowest BCUT2D eigenvalue weighted by Gasteiger charge is -2.18. The first-order valence-electron chi connectivity index (χ1n) is 8.36. The van der Waals surface area contributed by atoms with E-state index in [1.54, 1.807) is 30.7 Å². The molecule has 134 valence electrons. The van der Waals surface area contributed by atoms with Crippen molar-refractivity contribution in [1.29, 1.82) is 5.26 Å². The highest BCUT2D eigenvalue weighted by molar-refractivity contribution is 6.31. The number of rotatable bonds is 7. The Morgan fingerprint density at radius 3 is 2.69 bits per heavy atom. The summed E-state index contributed by atoms with van der Waals surface area (Å²) in [6.07, 6.45) is 5.91. The van der Waals surface area contributed by atoms with Gasteiger partial charge in [-0.05, 0) is 55.7 Å². The quantitative estimate of drug-likeness (QED) is 0.593. The van der Waals surface area contributed by atoms with Crippen LogP contribution in [0.1, 0.15) is 18.1 Å². The number of hydrogen-bond donors (Lipinski definition) is 1. The molecule has 0 saturated heterocycles. The van der Waals surface area contributed by atoms with E-state index in [4.69, 9.17) is 11.6 Å². The molecule has 0 fully saturated rings. The Morgan fingerprint density at radius 2 is 2.08 bits per heavy atom. The molecule has 6 heteroatoms. The standard InChI is InChI=1S/C20H21ClN4O/c1-3-25(11-8-16-6-9-23-10-7-16)14-17(13-22)20(26)24-18-5-4-15(2)19(21)12-18/h4-7,9-10,12,14H,3,8,11H2,1-2H3,(H,24,26)/b17-14-. The second kappa shape index (κ2) is 9.59. The minimum absolute atomic E-state index is 0.0540. The van der Waals surface area contributed by atoms with Gasteiger partial charge >= 0.3 is 0 Å². The summed E-state index contributed by atoms with van der Waals surface area (Å²) in [6.45, 7) is 5.27. The molecular weight excluding hydrogens is 348 g/mol. The number of anilines is 1. The third kappa shape index (κ3) is 5.61. The van der Waals surface area contributed by atoms with E-state index in [-0.39, 0.29) is 5.57 Å². The zero-order chi connectivity index (χ0) is 18.9. The molecule has 1 amide bonds. The van der Waals surface area contributed by atoms with Gasteiger partial charge in [-0.2, -0.15) is 5.26 Å². The van der Waals surface area contributed by atoms with Crippen LogP contribution in [0.4, 0.5) is 5.69 Å². The molecule has 5 nitrogen and oxygen atoms in total. The Labute approximate surface area is 158 Å². The van der Waals surface area contributed by atoms with Crippen molar-refractivity contribution in [3.8, 4) is 6.07 Å². The van der Waals surface area contributed by atoms with Crippen LogP contribution < -0.4 is 5.32 Å². The maximum absolute atomic E-state index is 12.4. The number of nitrogens with zero attached hydrogens (tertiary/aromatic N) is 3. The summed E-state index contributed by atoms with van der Waals surface area (Å²) in [5.74, 6) is -0.449. The van der Waals surface area contributed by atoms with Gasteiger partial charge in [0.2, 0.25) is 0 Å². The molecule has 0 bridgehead atoms. The molecule has 0 radical (unpaired) electrons. The smallest absolute Gasteiger partial charge is 0.267 e. The summed E-state index contributed by atoms with van der Waals surface area (Å²) in [7, 11) is 0. The molecule has 0 unspecified atom stereocenters. The second-order valence-electron chi connectivity index (χ2n) is 5.81. The molecule has 0 atom stereocenters. The van der Waals surface area contributed by atoms with Crippen LogP contribution in [-0.2, 0) is 11.2 Å². The first-order valence-corrected chi connectivity index (χ1v) is 8.73. The molecule has 0 spiro atoms. The van der Waals surface area contributed by atoms with Crippen molar-refractivity contribution in [2.24, 2.45) is 0 Å². The summed E-state index contributed by atoms with van der Waals surface area (Å²) in [5.41, 5.74) is 2.70. The van der Waals surface area contributed by atoms with Crippen LogP contribution in [0, 0.1) is 18.3 Å². The van der Waals surface area contributed by atoms with Gasteiger partial charge in [-0.1, -0.05) is 17.7 Å². The molecule has 1 aromatic carbocycles. The number of aryl methyl sites for hydroxylation is 1. The number of pyridine rings is 1. The maximum atomic E-state index is 12.4. The van der Waals surface area contributed by atoms with Gasteiger partial charge in [0.1, 0.15) is 11.6 Å². The number of halogens is 1. The van der Waals surface area contributed by atoms with Gasteiger partial charge in [0.25, 0.3) is 5.91 Å². The Balaban J connectivity index is 2.04. The highest BCUT2D eigenvalue weighted by Gasteiger charge is 2.12. The number of nitrogens with one attached hydrogen (secondary N) is 1. The molecule has 0 saturated carbocycles. The van der Waals surface area contributed by atoms with Crippen molar-refractivity contribution in [3.05, 3.63) is 70.6 Å². The van der Waals surface area contributed by atoms with Gasteiger partial charge in [-0.15, -0.1) is 0 Å². The van der Waals surface area contributed by atoms with Gasteiger partial charge in [0, 0.05) is 42.4 Å². The Bertz CT molecular complexity index is 827. The molecule has 2 aromatic rings. The number of nitriles is 1. The highest BCUT2D eigenvalue weighted by atomic mass is 35.5. The van der Waals surface area contributed by atoms with E-state index in [1.807, 2.05) is 43.0 Å². The predicted octanol–water partition coefficient (Wildman–Crippen LogP) is 3.95. The molecular formula is C20H21ClN4O. The number of carbonyl (C=O) groups excluding carboxylic acids is 1.